The Hall–Kier alpha value is -1.09. The van der Waals surface area contributed by atoms with Gasteiger partial charge < -0.3 is 10.1 Å². The summed E-state index contributed by atoms with van der Waals surface area (Å²) in [6.07, 6.45) is 2.90. The molecule has 0 atom stereocenters. The Balaban J connectivity index is 2.60. The maximum atomic E-state index is 5.36. The van der Waals surface area contributed by atoms with Gasteiger partial charge in [-0.1, -0.05) is 13.0 Å². The highest BCUT2D eigenvalue weighted by molar-refractivity contribution is 5.43. The van der Waals surface area contributed by atoms with Crippen LogP contribution in [0.1, 0.15) is 25.8 Å². The van der Waals surface area contributed by atoms with Crippen molar-refractivity contribution in [3.8, 4) is 0 Å². The Bertz CT molecular complexity index is 236. The summed E-state index contributed by atoms with van der Waals surface area (Å²) >= 11 is 0. The molecule has 0 spiro atoms. The molecule has 3 heteroatoms. The Morgan fingerprint density at radius 3 is 3.00 bits per heavy atom. The van der Waals surface area contributed by atoms with Gasteiger partial charge >= 0.3 is 0 Å². The highest BCUT2D eigenvalue weighted by atomic mass is 16.5. The van der Waals surface area contributed by atoms with E-state index in [1.54, 1.807) is 6.20 Å². The zero-order chi connectivity index (χ0) is 10.2. The minimum Gasteiger partial charge on any atom is -0.377 e. The lowest BCUT2D eigenvalue weighted by molar-refractivity contribution is 0.134. The fourth-order valence-corrected chi connectivity index (χ4v) is 1.17. The first-order valence-corrected chi connectivity index (χ1v) is 5.14. The predicted octanol–water partition coefficient (Wildman–Crippen LogP) is 2.44. The molecule has 0 aromatic carbocycles. The first kappa shape index (κ1) is 11.0. The van der Waals surface area contributed by atoms with Gasteiger partial charge in [-0.2, -0.15) is 0 Å². The van der Waals surface area contributed by atoms with Gasteiger partial charge in [-0.3, -0.25) is 0 Å². The smallest absolute Gasteiger partial charge is 0.131 e. The quantitative estimate of drug-likeness (QED) is 0.755. The highest BCUT2D eigenvalue weighted by Gasteiger charge is 2.01. The average molecular weight is 194 g/mol. The summed E-state index contributed by atoms with van der Waals surface area (Å²) in [5.41, 5.74) is 1.13. The third-order valence-corrected chi connectivity index (χ3v) is 1.90. The largest absolute Gasteiger partial charge is 0.377 e. The molecule has 0 radical (unpaired) electrons. The van der Waals surface area contributed by atoms with Crippen LogP contribution in [0.5, 0.6) is 0 Å². The molecule has 14 heavy (non-hydrogen) atoms. The molecule has 0 amide bonds. The Morgan fingerprint density at radius 1 is 1.43 bits per heavy atom. The summed E-state index contributed by atoms with van der Waals surface area (Å²) in [5.74, 6) is 0.947. The summed E-state index contributed by atoms with van der Waals surface area (Å²) in [4.78, 5) is 4.28. The van der Waals surface area contributed by atoms with Gasteiger partial charge in [-0.05, 0) is 19.4 Å². The van der Waals surface area contributed by atoms with Gasteiger partial charge in [-0.25, -0.2) is 4.98 Å². The van der Waals surface area contributed by atoms with Gasteiger partial charge in [0.25, 0.3) is 0 Å². The van der Waals surface area contributed by atoms with E-state index in [1.165, 1.54) is 0 Å². The predicted molar refractivity (Wildman–Crippen MR) is 58.3 cm³/mol. The number of hydrogen-bond acceptors (Lipinski definition) is 3. The zero-order valence-corrected chi connectivity index (χ0v) is 8.92. The number of ether oxygens (including phenoxy) is 1. The summed E-state index contributed by atoms with van der Waals surface area (Å²) in [6, 6.07) is 3.98. The van der Waals surface area contributed by atoms with Crippen molar-refractivity contribution in [1.82, 2.24) is 4.98 Å². The van der Waals surface area contributed by atoms with E-state index >= 15 is 0 Å². The molecule has 0 unspecified atom stereocenters. The van der Waals surface area contributed by atoms with E-state index in [0.717, 1.165) is 31.0 Å². The lowest BCUT2D eigenvalue weighted by atomic mass is 10.2. The van der Waals surface area contributed by atoms with E-state index in [4.69, 9.17) is 4.74 Å². The maximum Gasteiger partial charge on any atom is 0.131 e. The molecule has 78 valence electrons. The van der Waals surface area contributed by atoms with Crippen molar-refractivity contribution in [1.29, 1.82) is 0 Å². The number of nitrogens with zero attached hydrogens (tertiary/aromatic N) is 1. The number of aromatic nitrogens is 1. The second kappa shape index (κ2) is 6.38. The highest BCUT2D eigenvalue weighted by Crippen LogP contribution is 2.12. The molecule has 0 aliphatic carbocycles. The van der Waals surface area contributed by atoms with Crippen LogP contribution in [0.15, 0.2) is 18.3 Å². The van der Waals surface area contributed by atoms with Crippen LogP contribution in [0.3, 0.4) is 0 Å². The molecule has 1 rings (SSSR count). The lowest BCUT2D eigenvalue weighted by Crippen LogP contribution is -2.06. The maximum absolute atomic E-state index is 5.36. The van der Waals surface area contributed by atoms with E-state index in [9.17, 15) is 0 Å². The van der Waals surface area contributed by atoms with E-state index in [0.29, 0.717) is 6.61 Å². The SMILES string of the molecule is CCCNc1ncccc1COCC. The summed E-state index contributed by atoms with van der Waals surface area (Å²) < 4.78 is 5.36. The van der Waals surface area contributed by atoms with E-state index < -0.39 is 0 Å². The standard InChI is InChI=1S/C11H18N2O/c1-3-7-12-11-10(9-14-4-2)6-5-8-13-11/h5-6,8H,3-4,7,9H2,1-2H3,(H,12,13). The van der Waals surface area contributed by atoms with Crippen molar-refractivity contribution in [2.45, 2.75) is 26.9 Å². The van der Waals surface area contributed by atoms with E-state index in [2.05, 4.69) is 17.2 Å². The van der Waals surface area contributed by atoms with Crippen LogP contribution < -0.4 is 5.32 Å². The third kappa shape index (κ3) is 3.34. The number of rotatable bonds is 6. The monoisotopic (exact) mass is 194 g/mol. The van der Waals surface area contributed by atoms with Crippen LogP contribution in [0, 0.1) is 0 Å². The molecule has 0 saturated carbocycles. The van der Waals surface area contributed by atoms with Crippen LogP contribution in [-0.4, -0.2) is 18.1 Å². The molecule has 3 nitrogen and oxygen atoms in total. The van der Waals surface area contributed by atoms with Crippen LogP contribution in [0.25, 0.3) is 0 Å². The Morgan fingerprint density at radius 2 is 2.29 bits per heavy atom. The van der Waals surface area contributed by atoms with Gasteiger partial charge in [-0.15, -0.1) is 0 Å². The van der Waals surface area contributed by atoms with E-state index in [1.807, 2.05) is 19.1 Å². The van der Waals surface area contributed by atoms with Gasteiger partial charge in [0.2, 0.25) is 0 Å². The van der Waals surface area contributed by atoms with Crippen molar-refractivity contribution in [2.24, 2.45) is 0 Å². The molecule has 0 saturated heterocycles. The van der Waals surface area contributed by atoms with Gasteiger partial charge in [0.05, 0.1) is 6.61 Å². The Kier molecular flexibility index (Phi) is 5.00. The fraction of sp³-hybridized carbons (Fsp3) is 0.545. The van der Waals surface area contributed by atoms with Crippen molar-refractivity contribution >= 4 is 5.82 Å². The van der Waals surface area contributed by atoms with Crippen molar-refractivity contribution < 1.29 is 4.74 Å². The average Bonchev–Trinajstić information content (AvgIpc) is 2.24. The minimum absolute atomic E-state index is 0.635. The minimum atomic E-state index is 0.635. The van der Waals surface area contributed by atoms with Crippen LogP contribution in [-0.2, 0) is 11.3 Å². The second-order valence-electron chi connectivity index (χ2n) is 3.08. The Labute approximate surface area is 85.5 Å². The molecule has 0 bridgehead atoms. The summed E-state index contributed by atoms with van der Waals surface area (Å²) in [5, 5.41) is 3.28. The van der Waals surface area contributed by atoms with E-state index in [-0.39, 0.29) is 0 Å². The van der Waals surface area contributed by atoms with Gasteiger partial charge in [0.1, 0.15) is 5.82 Å². The number of pyridine rings is 1. The fourth-order valence-electron chi connectivity index (χ4n) is 1.17. The zero-order valence-electron chi connectivity index (χ0n) is 8.92. The number of nitrogens with one attached hydrogen (secondary N) is 1. The van der Waals surface area contributed by atoms with Gasteiger partial charge in [0, 0.05) is 24.9 Å². The molecule has 0 fully saturated rings. The second-order valence-corrected chi connectivity index (χ2v) is 3.08. The van der Waals surface area contributed by atoms with Crippen molar-refractivity contribution in [3.63, 3.8) is 0 Å². The van der Waals surface area contributed by atoms with Gasteiger partial charge in [0.15, 0.2) is 0 Å². The van der Waals surface area contributed by atoms with Crippen molar-refractivity contribution in [2.75, 3.05) is 18.5 Å². The molecule has 1 heterocycles. The topological polar surface area (TPSA) is 34.2 Å². The first-order chi connectivity index (χ1) is 6.88. The molecule has 1 aromatic heterocycles. The van der Waals surface area contributed by atoms with Crippen LogP contribution in [0.4, 0.5) is 5.82 Å². The molecule has 1 aromatic rings. The number of hydrogen-bond donors (Lipinski definition) is 1. The molecule has 0 aliphatic rings. The lowest BCUT2D eigenvalue weighted by Gasteiger charge is -2.09. The number of anilines is 1. The first-order valence-electron chi connectivity index (χ1n) is 5.14. The van der Waals surface area contributed by atoms with Crippen molar-refractivity contribution in [3.05, 3.63) is 23.9 Å². The summed E-state index contributed by atoms with van der Waals surface area (Å²) in [7, 11) is 0. The summed E-state index contributed by atoms with van der Waals surface area (Å²) in [6.45, 7) is 6.46. The molecular formula is C11H18N2O. The molecule has 1 N–H and O–H groups in total. The molecule has 0 aliphatic heterocycles. The third-order valence-electron chi connectivity index (χ3n) is 1.90. The van der Waals surface area contributed by atoms with Crippen LogP contribution >= 0.6 is 0 Å². The molecular weight excluding hydrogens is 176 g/mol. The van der Waals surface area contributed by atoms with Crippen LogP contribution in [0.2, 0.25) is 0 Å². The normalized spacial score (nSPS) is 10.1.